The van der Waals surface area contributed by atoms with Crippen LogP contribution in [-0.4, -0.2) is 27.6 Å². The van der Waals surface area contributed by atoms with Gasteiger partial charge in [0.1, 0.15) is 5.69 Å². The maximum absolute atomic E-state index is 11.4. The Labute approximate surface area is 140 Å². The van der Waals surface area contributed by atoms with Crippen LogP contribution in [0, 0.1) is 5.92 Å². The molecule has 5 heteroatoms. The van der Waals surface area contributed by atoms with Gasteiger partial charge in [0.2, 0.25) is 0 Å². The van der Waals surface area contributed by atoms with E-state index in [-0.39, 0.29) is 18.2 Å². The number of rotatable bonds is 5. The van der Waals surface area contributed by atoms with Crippen LogP contribution >= 0.6 is 0 Å². The first kappa shape index (κ1) is 16.1. The van der Waals surface area contributed by atoms with Gasteiger partial charge in [-0.1, -0.05) is 31.2 Å². The van der Waals surface area contributed by atoms with E-state index in [9.17, 15) is 4.79 Å². The summed E-state index contributed by atoms with van der Waals surface area (Å²) in [7, 11) is 0. The maximum atomic E-state index is 11.4. The van der Waals surface area contributed by atoms with Crippen LogP contribution in [0.1, 0.15) is 23.0 Å². The van der Waals surface area contributed by atoms with Crippen molar-refractivity contribution in [3.05, 3.63) is 60.0 Å². The molecular weight excluding hydrogens is 302 g/mol. The third-order valence-corrected chi connectivity index (χ3v) is 4.01. The Bertz CT molecular complexity index is 875. The Kier molecular flexibility index (Phi) is 4.53. The zero-order valence-corrected chi connectivity index (χ0v) is 13.4. The van der Waals surface area contributed by atoms with Crippen molar-refractivity contribution in [3.63, 3.8) is 0 Å². The van der Waals surface area contributed by atoms with Gasteiger partial charge in [-0.3, -0.25) is 9.78 Å². The van der Waals surface area contributed by atoms with E-state index in [2.05, 4.69) is 9.97 Å². The molecule has 1 amide bonds. The SMILES string of the molecule is CC(CO)Cc1ccc(-c2cncc3ccc(C(N)=O)nc23)cc1. The first-order valence-electron chi connectivity index (χ1n) is 7.83. The van der Waals surface area contributed by atoms with Crippen molar-refractivity contribution in [1.29, 1.82) is 0 Å². The molecule has 2 heterocycles. The number of aliphatic hydroxyl groups excluding tert-OH is 1. The molecule has 3 rings (SSSR count). The van der Waals surface area contributed by atoms with Crippen molar-refractivity contribution in [2.24, 2.45) is 11.7 Å². The van der Waals surface area contributed by atoms with Gasteiger partial charge in [0.05, 0.1) is 5.52 Å². The minimum atomic E-state index is -0.548. The van der Waals surface area contributed by atoms with Gasteiger partial charge >= 0.3 is 0 Å². The number of aliphatic hydroxyl groups is 1. The number of primary amides is 1. The molecule has 0 saturated carbocycles. The third kappa shape index (κ3) is 3.26. The Morgan fingerprint density at radius 2 is 1.92 bits per heavy atom. The molecule has 2 aromatic heterocycles. The Morgan fingerprint density at radius 3 is 2.58 bits per heavy atom. The predicted molar refractivity (Wildman–Crippen MR) is 93.4 cm³/mol. The van der Waals surface area contributed by atoms with Crippen LogP contribution in [0.5, 0.6) is 0 Å². The lowest BCUT2D eigenvalue weighted by molar-refractivity contribution is 0.0996. The van der Waals surface area contributed by atoms with Crippen molar-refractivity contribution < 1.29 is 9.90 Å². The second-order valence-electron chi connectivity index (χ2n) is 6.01. The topological polar surface area (TPSA) is 89.1 Å². The maximum Gasteiger partial charge on any atom is 0.267 e. The molecule has 122 valence electrons. The van der Waals surface area contributed by atoms with Gasteiger partial charge in [0.25, 0.3) is 5.91 Å². The number of aromatic nitrogens is 2. The van der Waals surface area contributed by atoms with Crippen LogP contribution in [0.2, 0.25) is 0 Å². The van der Waals surface area contributed by atoms with E-state index in [0.29, 0.717) is 5.52 Å². The fraction of sp³-hybridized carbons (Fsp3) is 0.211. The van der Waals surface area contributed by atoms with Crippen molar-refractivity contribution in [3.8, 4) is 11.1 Å². The highest BCUT2D eigenvalue weighted by Crippen LogP contribution is 2.27. The van der Waals surface area contributed by atoms with Crippen LogP contribution in [0.15, 0.2) is 48.8 Å². The fourth-order valence-corrected chi connectivity index (χ4v) is 2.68. The number of pyridine rings is 2. The number of hydrogen-bond acceptors (Lipinski definition) is 4. The summed E-state index contributed by atoms with van der Waals surface area (Å²) in [5.41, 5.74) is 9.28. The van der Waals surface area contributed by atoms with Crippen LogP contribution < -0.4 is 5.73 Å². The molecule has 1 aromatic carbocycles. The second-order valence-corrected chi connectivity index (χ2v) is 6.01. The largest absolute Gasteiger partial charge is 0.396 e. The molecule has 0 bridgehead atoms. The molecule has 0 aliphatic rings. The fourth-order valence-electron chi connectivity index (χ4n) is 2.68. The second kappa shape index (κ2) is 6.76. The summed E-state index contributed by atoms with van der Waals surface area (Å²) in [5.74, 6) is -0.317. The molecular formula is C19H19N3O2. The van der Waals surface area contributed by atoms with Crippen LogP contribution in [0.25, 0.3) is 22.0 Å². The molecule has 1 atom stereocenters. The lowest BCUT2D eigenvalue weighted by Gasteiger charge is -2.10. The monoisotopic (exact) mass is 321 g/mol. The number of fused-ring (bicyclic) bond motifs is 1. The van der Waals surface area contributed by atoms with E-state index in [0.717, 1.165) is 22.9 Å². The summed E-state index contributed by atoms with van der Waals surface area (Å²) in [5, 5.41) is 10.0. The van der Waals surface area contributed by atoms with E-state index in [1.165, 1.54) is 5.56 Å². The van der Waals surface area contributed by atoms with Crippen molar-refractivity contribution >= 4 is 16.8 Å². The number of nitrogens with two attached hydrogens (primary N) is 1. The average molecular weight is 321 g/mol. The highest BCUT2D eigenvalue weighted by atomic mass is 16.3. The molecule has 0 aliphatic carbocycles. The smallest absolute Gasteiger partial charge is 0.267 e. The molecule has 0 aliphatic heterocycles. The quantitative estimate of drug-likeness (QED) is 0.756. The van der Waals surface area contributed by atoms with Gasteiger partial charge in [-0.05, 0) is 35.6 Å². The normalized spacial score (nSPS) is 12.2. The van der Waals surface area contributed by atoms with Crippen molar-refractivity contribution in [1.82, 2.24) is 9.97 Å². The molecule has 0 saturated heterocycles. The van der Waals surface area contributed by atoms with Crippen molar-refractivity contribution in [2.45, 2.75) is 13.3 Å². The first-order chi connectivity index (χ1) is 11.6. The van der Waals surface area contributed by atoms with Crippen molar-refractivity contribution in [2.75, 3.05) is 6.61 Å². The van der Waals surface area contributed by atoms with Gasteiger partial charge < -0.3 is 10.8 Å². The molecule has 24 heavy (non-hydrogen) atoms. The van der Waals surface area contributed by atoms with Crippen LogP contribution in [0.3, 0.4) is 0 Å². The van der Waals surface area contributed by atoms with Crippen LogP contribution in [0.4, 0.5) is 0 Å². The van der Waals surface area contributed by atoms with Crippen LogP contribution in [-0.2, 0) is 6.42 Å². The lowest BCUT2D eigenvalue weighted by Crippen LogP contribution is -2.12. The van der Waals surface area contributed by atoms with E-state index in [1.54, 1.807) is 24.5 Å². The van der Waals surface area contributed by atoms with E-state index >= 15 is 0 Å². The summed E-state index contributed by atoms with van der Waals surface area (Å²) in [6, 6.07) is 11.5. The highest BCUT2D eigenvalue weighted by molar-refractivity contribution is 5.97. The Balaban J connectivity index is 2.02. The summed E-state index contributed by atoms with van der Waals surface area (Å²) < 4.78 is 0. The van der Waals surface area contributed by atoms with E-state index in [4.69, 9.17) is 10.8 Å². The van der Waals surface area contributed by atoms with Gasteiger partial charge in [0, 0.05) is 30.0 Å². The minimum absolute atomic E-state index is 0.175. The number of benzene rings is 1. The zero-order chi connectivity index (χ0) is 17.1. The highest BCUT2D eigenvalue weighted by Gasteiger charge is 2.10. The van der Waals surface area contributed by atoms with Gasteiger partial charge in [0.15, 0.2) is 0 Å². The zero-order valence-electron chi connectivity index (χ0n) is 13.4. The number of amides is 1. The molecule has 3 N–H and O–H groups in total. The third-order valence-electron chi connectivity index (χ3n) is 4.01. The molecule has 1 unspecified atom stereocenters. The summed E-state index contributed by atoms with van der Waals surface area (Å²) in [6.45, 7) is 2.19. The number of carbonyl (C=O) groups is 1. The minimum Gasteiger partial charge on any atom is -0.396 e. The van der Waals surface area contributed by atoms with E-state index in [1.807, 2.05) is 31.2 Å². The molecule has 3 aromatic rings. The Morgan fingerprint density at radius 1 is 1.17 bits per heavy atom. The summed E-state index contributed by atoms with van der Waals surface area (Å²) in [4.78, 5) is 20.0. The lowest BCUT2D eigenvalue weighted by atomic mass is 9.98. The molecule has 0 radical (unpaired) electrons. The Hall–Kier alpha value is -2.79. The van der Waals surface area contributed by atoms with E-state index < -0.39 is 5.91 Å². The summed E-state index contributed by atoms with van der Waals surface area (Å²) in [6.07, 6.45) is 4.29. The number of hydrogen-bond donors (Lipinski definition) is 2. The standard InChI is InChI=1S/C19H19N3O2/c1-12(11-23)8-13-2-4-14(5-3-13)16-10-21-9-15-6-7-17(19(20)24)22-18(15)16/h2-7,9-10,12,23H,8,11H2,1H3,(H2,20,24). The van der Waals surface area contributed by atoms with Gasteiger partial charge in [-0.25, -0.2) is 4.98 Å². The number of carbonyl (C=O) groups excluding carboxylic acids is 1. The predicted octanol–water partition coefficient (Wildman–Crippen LogP) is 2.57. The average Bonchev–Trinajstić information content (AvgIpc) is 2.61. The molecule has 0 fully saturated rings. The summed E-state index contributed by atoms with van der Waals surface area (Å²) >= 11 is 0. The molecule has 0 spiro atoms. The van der Waals surface area contributed by atoms with Gasteiger partial charge in [-0.2, -0.15) is 0 Å². The molecule has 5 nitrogen and oxygen atoms in total. The number of nitrogens with zero attached hydrogens (tertiary/aromatic N) is 2. The first-order valence-corrected chi connectivity index (χ1v) is 7.83. The van der Waals surface area contributed by atoms with Gasteiger partial charge in [-0.15, -0.1) is 0 Å².